The minimum Gasteiger partial charge on any atom is -0.399 e. The van der Waals surface area contributed by atoms with Crippen molar-refractivity contribution < 1.29 is 17.9 Å². The van der Waals surface area contributed by atoms with E-state index in [-0.39, 0.29) is 0 Å². The molecule has 1 spiro atoms. The molecule has 2 N–H and O–H groups in total. The maximum absolute atomic E-state index is 12.9. The molecule has 2 fully saturated rings. The van der Waals surface area contributed by atoms with Gasteiger partial charge in [-0.05, 0) is 43.5 Å². The molecule has 2 unspecified atom stereocenters. The second-order valence-corrected chi connectivity index (χ2v) is 8.24. The Morgan fingerprint density at radius 3 is 2.81 bits per heavy atom. The molecule has 21 heavy (non-hydrogen) atoms. The number of hydrogen-bond donors (Lipinski definition) is 1. The van der Waals surface area contributed by atoms with Crippen molar-refractivity contribution in [3.05, 3.63) is 23.8 Å². The normalized spacial score (nSPS) is 29.9. The summed E-state index contributed by atoms with van der Waals surface area (Å²) in [6.45, 7) is 3.44. The summed E-state index contributed by atoms with van der Waals surface area (Å²) in [7, 11) is -3.36. The summed E-state index contributed by atoms with van der Waals surface area (Å²) in [6, 6.07) is 4.93. The largest absolute Gasteiger partial charge is 0.399 e. The van der Waals surface area contributed by atoms with Gasteiger partial charge >= 0.3 is 0 Å². The highest BCUT2D eigenvalue weighted by Crippen LogP contribution is 2.37. The van der Waals surface area contributed by atoms with E-state index < -0.39 is 20.7 Å². The smallest absolute Gasteiger partial charge is 0.181 e. The Hall–Kier alpha value is -1.11. The van der Waals surface area contributed by atoms with Gasteiger partial charge in [-0.25, -0.2) is 8.42 Å². The predicted octanol–water partition coefficient (Wildman–Crippen LogP) is 1.69. The van der Waals surface area contributed by atoms with E-state index in [2.05, 4.69) is 0 Å². The fourth-order valence-corrected chi connectivity index (χ4v) is 5.04. The molecule has 2 heterocycles. The molecule has 2 saturated heterocycles. The first-order chi connectivity index (χ1) is 9.93. The number of ether oxygens (including phenoxy) is 2. The molecule has 1 aromatic carbocycles. The van der Waals surface area contributed by atoms with Gasteiger partial charge in [0.25, 0.3) is 0 Å². The summed E-state index contributed by atoms with van der Waals surface area (Å²) in [5, 5.41) is -0.407. The maximum Gasteiger partial charge on any atom is 0.181 e. The molecule has 3 rings (SSSR count). The highest BCUT2D eigenvalue weighted by molar-refractivity contribution is 7.92. The maximum atomic E-state index is 12.9. The van der Waals surface area contributed by atoms with Crippen LogP contribution in [0.4, 0.5) is 5.69 Å². The average molecular weight is 311 g/mol. The van der Waals surface area contributed by atoms with Crippen molar-refractivity contribution in [2.45, 2.75) is 41.9 Å². The summed E-state index contributed by atoms with van der Waals surface area (Å²) in [5.74, 6) is 0. The van der Waals surface area contributed by atoms with E-state index in [9.17, 15) is 8.42 Å². The third kappa shape index (κ3) is 2.67. The van der Waals surface area contributed by atoms with E-state index in [4.69, 9.17) is 15.2 Å². The van der Waals surface area contributed by atoms with Crippen LogP contribution in [0.1, 0.15) is 24.8 Å². The van der Waals surface area contributed by atoms with E-state index in [1.165, 1.54) is 0 Å². The third-order valence-electron chi connectivity index (χ3n) is 4.52. The Balaban J connectivity index is 1.88. The summed E-state index contributed by atoms with van der Waals surface area (Å²) in [6.07, 6.45) is 1.83. The van der Waals surface area contributed by atoms with Crippen molar-refractivity contribution in [3.63, 3.8) is 0 Å². The number of anilines is 1. The van der Waals surface area contributed by atoms with E-state index in [1.54, 1.807) is 18.2 Å². The Morgan fingerprint density at radius 1 is 1.33 bits per heavy atom. The summed E-state index contributed by atoms with van der Waals surface area (Å²) >= 11 is 0. The second-order valence-electron chi connectivity index (χ2n) is 6.01. The Kier molecular flexibility index (Phi) is 3.71. The second kappa shape index (κ2) is 5.26. The van der Waals surface area contributed by atoms with Gasteiger partial charge in [0.1, 0.15) is 0 Å². The van der Waals surface area contributed by atoms with Crippen LogP contribution in [0.3, 0.4) is 0 Å². The van der Waals surface area contributed by atoms with Crippen LogP contribution in [-0.4, -0.2) is 39.1 Å². The molecular formula is C15H21NO4S. The molecule has 0 aromatic heterocycles. The van der Waals surface area contributed by atoms with Crippen molar-refractivity contribution in [1.82, 2.24) is 0 Å². The van der Waals surface area contributed by atoms with E-state index in [1.807, 2.05) is 6.92 Å². The zero-order chi connectivity index (χ0) is 15.1. The molecule has 0 saturated carbocycles. The lowest BCUT2D eigenvalue weighted by Crippen LogP contribution is -2.45. The fourth-order valence-electron chi connectivity index (χ4n) is 3.13. The van der Waals surface area contributed by atoms with Crippen LogP contribution < -0.4 is 5.73 Å². The zero-order valence-electron chi connectivity index (χ0n) is 12.2. The molecule has 0 radical (unpaired) electrons. The van der Waals surface area contributed by atoms with E-state index in [0.717, 1.165) is 12.0 Å². The number of nitrogen functional groups attached to an aromatic ring is 1. The quantitative estimate of drug-likeness (QED) is 0.841. The van der Waals surface area contributed by atoms with Gasteiger partial charge in [0.05, 0.1) is 22.4 Å². The SMILES string of the molecule is Cc1cc(S(=O)(=O)C2CCOC3(CCOC3)C2)ccc1N. The lowest BCUT2D eigenvalue weighted by Gasteiger charge is -2.36. The van der Waals surface area contributed by atoms with Gasteiger partial charge in [0, 0.05) is 25.3 Å². The van der Waals surface area contributed by atoms with Crippen LogP contribution in [-0.2, 0) is 19.3 Å². The van der Waals surface area contributed by atoms with Crippen molar-refractivity contribution in [2.24, 2.45) is 0 Å². The summed E-state index contributed by atoms with van der Waals surface area (Å²) in [4.78, 5) is 0.357. The average Bonchev–Trinajstić information content (AvgIpc) is 2.89. The first kappa shape index (κ1) is 14.8. The van der Waals surface area contributed by atoms with Crippen LogP contribution in [0.5, 0.6) is 0 Å². The Bertz CT molecular complexity index is 635. The van der Waals surface area contributed by atoms with Gasteiger partial charge in [-0.2, -0.15) is 0 Å². The standard InChI is InChI=1S/C15H21NO4S/c1-11-8-12(2-3-14(11)16)21(17,18)13-4-6-20-15(9-13)5-7-19-10-15/h2-3,8,13H,4-7,9-10,16H2,1H3. The van der Waals surface area contributed by atoms with Gasteiger partial charge in [0.15, 0.2) is 9.84 Å². The summed E-state index contributed by atoms with van der Waals surface area (Å²) in [5.41, 5.74) is 6.78. The topological polar surface area (TPSA) is 78.6 Å². The van der Waals surface area contributed by atoms with Crippen LogP contribution in [0.2, 0.25) is 0 Å². The molecular weight excluding hydrogens is 290 g/mol. The molecule has 5 nitrogen and oxygen atoms in total. The van der Waals surface area contributed by atoms with Gasteiger partial charge in [-0.1, -0.05) is 0 Å². The molecule has 2 aliphatic heterocycles. The summed E-state index contributed by atoms with van der Waals surface area (Å²) < 4.78 is 36.9. The van der Waals surface area contributed by atoms with Gasteiger partial charge in [-0.3, -0.25) is 0 Å². The van der Waals surface area contributed by atoms with Crippen LogP contribution >= 0.6 is 0 Å². The van der Waals surface area contributed by atoms with Gasteiger partial charge in [-0.15, -0.1) is 0 Å². The molecule has 0 aliphatic carbocycles. The van der Waals surface area contributed by atoms with E-state index in [0.29, 0.717) is 43.2 Å². The molecule has 6 heteroatoms. The fraction of sp³-hybridized carbons (Fsp3) is 0.600. The first-order valence-electron chi connectivity index (χ1n) is 7.25. The Labute approximate surface area is 125 Å². The van der Waals surface area contributed by atoms with Crippen molar-refractivity contribution >= 4 is 15.5 Å². The molecule has 116 valence electrons. The highest BCUT2D eigenvalue weighted by atomic mass is 32.2. The van der Waals surface area contributed by atoms with Crippen molar-refractivity contribution in [3.8, 4) is 0 Å². The van der Waals surface area contributed by atoms with Crippen molar-refractivity contribution in [2.75, 3.05) is 25.6 Å². The third-order valence-corrected chi connectivity index (χ3v) is 6.71. The lowest BCUT2D eigenvalue weighted by molar-refractivity contribution is -0.0778. The highest BCUT2D eigenvalue weighted by Gasteiger charge is 2.45. The number of sulfone groups is 1. The molecule has 0 bridgehead atoms. The monoisotopic (exact) mass is 311 g/mol. The van der Waals surface area contributed by atoms with Gasteiger partial charge < -0.3 is 15.2 Å². The van der Waals surface area contributed by atoms with Crippen LogP contribution in [0, 0.1) is 6.92 Å². The lowest BCUT2D eigenvalue weighted by atomic mass is 9.93. The first-order valence-corrected chi connectivity index (χ1v) is 8.79. The Morgan fingerprint density at radius 2 is 2.14 bits per heavy atom. The van der Waals surface area contributed by atoms with Crippen LogP contribution in [0.15, 0.2) is 23.1 Å². The van der Waals surface area contributed by atoms with Crippen LogP contribution in [0.25, 0.3) is 0 Å². The van der Waals surface area contributed by atoms with Gasteiger partial charge in [0.2, 0.25) is 0 Å². The molecule has 2 aliphatic rings. The number of aryl methyl sites for hydroxylation is 1. The minimum absolute atomic E-state index is 0.357. The molecule has 1 aromatic rings. The molecule has 0 amide bonds. The van der Waals surface area contributed by atoms with Crippen molar-refractivity contribution in [1.29, 1.82) is 0 Å². The zero-order valence-corrected chi connectivity index (χ0v) is 13.0. The number of benzene rings is 1. The van der Waals surface area contributed by atoms with E-state index >= 15 is 0 Å². The number of hydrogen-bond acceptors (Lipinski definition) is 5. The molecule has 2 atom stereocenters. The number of nitrogens with two attached hydrogens (primary N) is 1. The predicted molar refractivity (Wildman–Crippen MR) is 79.9 cm³/mol. The minimum atomic E-state index is -3.36. The number of rotatable bonds is 2.